The van der Waals surface area contributed by atoms with Crippen molar-refractivity contribution in [2.75, 3.05) is 11.1 Å². The van der Waals surface area contributed by atoms with Gasteiger partial charge >= 0.3 is 16.4 Å². The molecule has 0 radical (unpaired) electrons. The van der Waals surface area contributed by atoms with Crippen LogP contribution in [-0.2, 0) is 20.8 Å². The smallest absolute Gasteiger partial charge is 0.379 e. The Morgan fingerprint density at radius 2 is 1.56 bits per heavy atom. The molecular weight excluding hydrogens is 498 g/mol. The quantitative estimate of drug-likeness (QED) is 0.498. The minimum atomic E-state index is -10.1. The highest BCUT2D eigenvalue weighted by Gasteiger charge is 2.65. The molecule has 1 atom stereocenters. The molecule has 1 unspecified atom stereocenters. The molecule has 0 fully saturated rings. The number of hydrogen-bond donors (Lipinski definition) is 2. The van der Waals surface area contributed by atoms with Crippen molar-refractivity contribution in [3.63, 3.8) is 0 Å². The number of anilines is 1. The van der Waals surface area contributed by atoms with Crippen molar-refractivity contribution in [3.05, 3.63) is 54.1 Å². The summed E-state index contributed by atoms with van der Waals surface area (Å²) in [5.41, 5.74) is -5.35. The van der Waals surface area contributed by atoms with Crippen LogP contribution in [0.25, 0.3) is 0 Å². The van der Waals surface area contributed by atoms with E-state index in [1.807, 2.05) is 0 Å². The van der Waals surface area contributed by atoms with Crippen LogP contribution in [0.3, 0.4) is 0 Å². The van der Waals surface area contributed by atoms with E-state index in [4.69, 9.17) is 0 Å². The Labute approximate surface area is 176 Å². The van der Waals surface area contributed by atoms with Gasteiger partial charge in [-0.05, 0) is 37.3 Å². The van der Waals surface area contributed by atoms with Gasteiger partial charge in [-0.15, -0.1) is 0 Å². The van der Waals surface area contributed by atoms with E-state index in [1.54, 1.807) is 5.32 Å². The van der Waals surface area contributed by atoms with E-state index >= 15 is 0 Å². The summed E-state index contributed by atoms with van der Waals surface area (Å²) in [5, 5.41) is 11.9. The number of benzene rings is 2. The normalized spacial score (nSPS) is 17.1. The largest absolute Gasteiger partial charge is 0.417 e. The van der Waals surface area contributed by atoms with Gasteiger partial charge in [0.2, 0.25) is 0 Å². The summed E-state index contributed by atoms with van der Waals surface area (Å²) < 4.78 is 129. The molecule has 2 rings (SSSR count). The van der Waals surface area contributed by atoms with Gasteiger partial charge in [0.1, 0.15) is 4.90 Å². The van der Waals surface area contributed by atoms with Gasteiger partial charge in [-0.1, -0.05) is 37.6 Å². The average molecular weight is 513 g/mol. The van der Waals surface area contributed by atoms with Gasteiger partial charge in [0.15, 0.2) is 15.4 Å². The standard InChI is InChI=1S/C17H15F8NO4S2/c1-16(28,10-31(29,30)14-8-3-2-7-13(14)17(18,19)20)15(27)26-11-5-4-6-12(9-11)32(21,22,23,24)25/h2-9,28H,10H2,1H3,(H,26,27). The lowest BCUT2D eigenvalue weighted by molar-refractivity contribution is -0.139. The average Bonchev–Trinajstić information content (AvgIpc) is 2.58. The number of rotatable bonds is 6. The Morgan fingerprint density at radius 1 is 1.00 bits per heavy atom. The third kappa shape index (κ3) is 6.10. The summed E-state index contributed by atoms with van der Waals surface area (Å²) in [6, 6.07) is 4.18. The Balaban J connectivity index is 2.34. The molecule has 0 heterocycles. The van der Waals surface area contributed by atoms with Gasteiger partial charge in [-0.25, -0.2) is 8.42 Å². The van der Waals surface area contributed by atoms with E-state index < -0.39 is 64.5 Å². The number of hydrogen-bond acceptors (Lipinski definition) is 4. The molecule has 15 heteroatoms. The maximum absolute atomic E-state index is 13.1. The van der Waals surface area contributed by atoms with Crippen molar-refractivity contribution in [3.8, 4) is 0 Å². The summed E-state index contributed by atoms with van der Waals surface area (Å²) in [4.78, 5) is 8.65. The van der Waals surface area contributed by atoms with E-state index in [0.29, 0.717) is 25.1 Å². The minimum Gasteiger partial charge on any atom is -0.379 e. The number of amides is 1. The zero-order valence-electron chi connectivity index (χ0n) is 15.8. The molecule has 32 heavy (non-hydrogen) atoms. The van der Waals surface area contributed by atoms with Crippen LogP contribution in [0.5, 0.6) is 0 Å². The molecule has 0 saturated heterocycles. The molecule has 2 aromatic carbocycles. The van der Waals surface area contributed by atoms with Crippen molar-refractivity contribution >= 4 is 31.7 Å². The van der Waals surface area contributed by atoms with Crippen molar-refractivity contribution < 1.29 is 50.9 Å². The van der Waals surface area contributed by atoms with Crippen LogP contribution in [0.4, 0.5) is 38.3 Å². The molecule has 2 N–H and O–H groups in total. The zero-order chi connectivity index (χ0) is 24.9. The summed E-state index contributed by atoms with van der Waals surface area (Å²) >= 11 is 0. The topological polar surface area (TPSA) is 83.5 Å². The summed E-state index contributed by atoms with van der Waals surface area (Å²) in [6.45, 7) is 0.588. The second kappa shape index (κ2) is 7.05. The van der Waals surface area contributed by atoms with Crippen molar-refractivity contribution in [1.29, 1.82) is 0 Å². The lowest BCUT2D eigenvalue weighted by Gasteiger charge is -2.40. The molecule has 0 saturated carbocycles. The maximum atomic E-state index is 13.1. The van der Waals surface area contributed by atoms with E-state index in [-0.39, 0.29) is 12.1 Å². The summed E-state index contributed by atoms with van der Waals surface area (Å²) in [6.07, 6.45) is -5.08. The van der Waals surface area contributed by atoms with Crippen molar-refractivity contribution in [2.24, 2.45) is 0 Å². The Morgan fingerprint density at radius 3 is 2.09 bits per heavy atom. The lowest BCUT2D eigenvalue weighted by atomic mass is 10.1. The molecule has 180 valence electrons. The Hall–Kier alpha value is -2.39. The number of carbonyl (C=O) groups is 1. The fraction of sp³-hybridized carbons (Fsp3) is 0.235. The maximum Gasteiger partial charge on any atom is 0.417 e. The van der Waals surface area contributed by atoms with Gasteiger partial charge in [0.05, 0.1) is 16.2 Å². The predicted molar refractivity (Wildman–Crippen MR) is 101 cm³/mol. The first-order valence-electron chi connectivity index (χ1n) is 8.30. The zero-order valence-corrected chi connectivity index (χ0v) is 17.5. The highest BCUT2D eigenvalue weighted by atomic mass is 32.5. The molecular formula is C17H15F8NO4S2. The Kier molecular flexibility index (Phi) is 5.70. The van der Waals surface area contributed by atoms with Crippen LogP contribution in [0, 0.1) is 0 Å². The third-order valence-electron chi connectivity index (χ3n) is 4.03. The number of alkyl halides is 3. The van der Waals surface area contributed by atoms with Gasteiger partial charge < -0.3 is 10.4 Å². The molecule has 5 nitrogen and oxygen atoms in total. The van der Waals surface area contributed by atoms with Crippen molar-refractivity contribution in [1.82, 2.24) is 0 Å². The third-order valence-corrected chi connectivity index (χ3v) is 7.14. The molecule has 0 aliphatic carbocycles. The predicted octanol–water partition coefficient (Wildman–Crippen LogP) is 5.53. The second-order valence-corrected chi connectivity index (χ2v) is 11.3. The fourth-order valence-electron chi connectivity index (χ4n) is 2.56. The van der Waals surface area contributed by atoms with E-state index in [0.717, 1.165) is 18.2 Å². The molecule has 0 spiro atoms. The molecule has 0 bridgehead atoms. The second-order valence-electron chi connectivity index (χ2n) is 6.98. The van der Waals surface area contributed by atoms with E-state index in [2.05, 4.69) is 0 Å². The Bertz CT molecular complexity index is 1160. The minimum absolute atomic E-state index is 0.0495. The monoisotopic (exact) mass is 513 g/mol. The van der Waals surface area contributed by atoms with E-state index in [9.17, 15) is 50.9 Å². The van der Waals surface area contributed by atoms with Crippen LogP contribution in [0.15, 0.2) is 58.3 Å². The van der Waals surface area contributed by atoms with Crippen molar-refractivity contribution in [2.45, 2.75) is 28.5 Å². The van der Waals surface area contributed by atoms with Crippen LogP contribution in [0.2, 0.25) is 0 Å². The summed E-state index contributed by atoms with van der Waals surface area (Å²) in [5.74, 6) is -3.23. The van der Waals surface area contributed by atoms with Crippen LogP contribution in [-0.4, -0.2) is 30.8 Å². The van der Waals surface area contributed by atoms with Gasteiger partial charge in [-0.3, -0.25) is 4.79 Å². The van der Waals surface area contributed by atoms with E-state index in [1.165, 1.54) is 0 Å². The number of sulfone groups is 1. The van der Waals surface area contributed by atoms with Crippen LogP contribution < -0.4 is 5.32 Å². The van der Waals surface area contributed by atoms with Crippen LogP contribution in [0.1, 0.15) is 12.5 Å². The number of nitrogens with one attached hydrogen (secondary N) is 1. The van der Waals surface area contributed by atoms with Crippen LogP contribution >= 0.6 is 10.2 Å². The highest BCUT2D eigenvalue weighted by Crippen LogP contribution is 3.02. The molecule has 0 aliphatic rings. The number of carbonyl (C=O) groups excluding carboxylic acids is 1. The number of halogens is 8. The van der Waals surface area contributed by atoms with Gasteiger partial charge in [-0.2, -0.15) is 13.2 Å². The molecule has 2 aromatic rings. The first-order valence-corrected chi connectivity index (χ1v) is 11.9. The molecule has 1 amide bonds. The SMILES string of the molecule is CC(O)(CS(=O)(=O)c1ccccc1C(F)(F)F)C(=O)Nc1cccc(S(F)(F)(F)(F)F)c1. The fourth-order valence-corrected chi connectivity index (χ4v) is 5.08. The molecule has 0 aliphatic heterocycles. The molecule has 0 aromatic heterocycles. The first kappa shape index (κ1) is 25.9. The number of aliphatic hydroxyl groups is 1. The lowest BCUT2D eigenvalue weighted by Crippen LogP contribution is -2.46. The van der Waals surface area contributed by atoms with Gasteiger partial charge in [0.25, 0.3) is 5.91 Å². The summed E-state index contributed by atoms with van der Waals surface area (Å²) in [7, 11) is -15.0. The van der Waals surface area contributed by atoms with Gasteiger partial charge in [0, 0.05) is 5.69 Å². The highest BCUT2D eigenvalue weighted by molar-refractivity contribution is 8.45. The first-order chi connectivity index (χ1) is 14.0.